The molecule has 8 rings (SSSR count). The van der Waals surface area contributed by atoms with Crippen molar-refractivity contribution in [1.82, 2.24) is 35.1 Å². The zero-order chi connectivity index (χ0) is 36.9. The molecule has 0 unspecified atom stereocenters. The molecule has 0 radical (unpaired) electrons. The molecule has 12 heteroatoms. The maximum Gasteiger partial charge on any atom is 0.242 e. The third kappa shape index (κ3) is 5.96. The fourth-order valence-electron chi connectivity index (χ4n) is 6.47. The second-order valence-electron chi connectivity index (χ2n) is 13.9. The van der Waals surface area contributed by atoms with Crippen molar-refractivity contribution < 1.29 is 9.59 Å². The van der Waals surface area contributed by atoms with Crippen LogP contribution in [0.2, 0.25) is 5.02 Å². The third-order valence-corrected chi connectivity index (χ3v) is 9.82. The molecule has 52 heavy (non-hydrogen) atoms. The van der Waals surface area contributed by atoms with E-state index in [9.17, 15) is 9.59 Å². The first kappa shape index (κ1) is 34.5. The van der Waals surface area contributed by atoms with Gasteiger partial charge in [-0.3, -0.25) is 24.4 Å². The summed E-state index contributed by atoms with van der Waals surface area (Å²) in [5.74, 6) is 1.95. The zero-order valence-corrected chi connectivity index (χ0v) is 30.6. The first-order chi connectivity index (χ1) is 24.8. The summed E-state index contributed by atoms with van der Waals surface area (Å²) in [6, 6.07) is 17.4. The minimum Gasteiger partial charge on any atom is -0.278 e. The molecular formula is C40H36ClN9O2. The number of aromatic nitrogens is 7. The van der Waals surface area contributed by atoms with E-state index in [4.69, 9.17) is 11.6 Å². The van der Waals surface area contributed by atoms with E-state index in [2.05, 4.69) is 35.1 Å². The van der Waals surface area contributed by atoms with Gasteiger partial charge < -0.3 is 0 Å². The Balaban J connectivity index is 0.000000162. The Morgan fingerprint density at radius 3 is 1.54 bits per heavy atom. The number of anilines is 4. The summed E-state index contributed by atoms with van der Waals surface area (Å²) in [5.41, 5.74) is 7.50. The topological polar surface area (TPSA) is 131 Å². The third-order valence-electron chi connectivity index (χ3n) is 9.53. The molecule has 2 aliphatic rings. The summed E-state index contributed by atoms with van der Waals surface area (Å²) in [5, 5.41) is 8.76. The standard InChI is InChI=1S/C20H17ClN4O.C20H19N5O/c1-12-23-9-14(10-24-12)13-4-5-15-18(8-13)25(19(26)20(15,2)3)17-6-7-22-11-16(17)21;1-12-5-8-18(24-23-12)25-17-9-14(15-10-21-13(2)22-11-15)6-7-16(17)20(3,4)19(25)26/h4-11H,1-3H3;5-11H,1-4H3. The molecular weight excluding hydrogens is 674 g/mol. The summed E-state index contributed by atoms with van der Waals surface area (Å²) in [7, 11) is 0. The van der Waals surface area contributed by atoms with Gasteiger partial charge in [-0.05, 0) is 101 Å². The Hall–Kier alpha value is -5.94. The van der Waals surface area contributed by atoms with E-state index in [1.807, 2.05) is 97.0 Å². The number of rotatable bonds is 4. The van der Waals surface area contributed by atoms with Crippen molar-refractivity contribution in [1.29, 1.82) is 0 Å². The van der Waals surface area contributed by atoms with Gasteiger partial charge in [-0.15, -0.1) is 5.10 Å². The van der Waals surface area contributed by atoms with Gasteiger partial charge in [-0.2, -0.15) is 5.10 Å². The van der Waals surface area contributed by atoms with Crippen molar-refractivity contribution in [3.63, 3.8) is 0 Å². The van der Waals surface area contributed by atoms with Crippen LogP contribution in [0.25, 0.3) is 22.3 Å². The molecule has 11 nitrogen and oxygen atoms in total. The maximum atomic E-state index is 13.2. The van der Waals surface area contributed by atoms with Crippen LogP contribution in [0.3, 0.4) is 0 Å². The van der Waals surface area contributed by atoms with Crippen LogP contribution in [0, 0.1) is 20.8 Å². The first-order valence-electron chi connectivity index (χ1n) is 16.7. The summed E-state index contributed by atoms with van der Waals surface area (Å²) in [6.07, 6.45) is 10.3. The average Bonchev–Trinajstić information content (AvgIpc) is 3.46. The normalized spacial score (nSPS) is 15.2. The number of carbonyl (C=O) groups is 2. The number of amides is 2. The smallest absolute Gasteiger partial charge is 0.242 e. The van der Waals surface area contributed by atoms with Crippen LogP contribution in [0.5, 0.6) is 0 Å². The molecule has 2 aromatic carbocycles. The van der Waals surface area contributed by atoms with E-state index in [0.29, 0.717) is 16.5 Å². The van der Waals surface area contributed by atoms with Gasteiger partial charge in [0.25, 0.3) is 0 Å². The summed E-state index contributed by atoms with van der Waals surface area (Å²) in [6.45, 7) is 13.3. The van der Waals surface area contributed by atoms with E-state index in [0.717, 1.165) is 62.1 Å². The lowest BCUT2D eigenvalue weighted by Crippen LogP contribution is -2.33. The minimum absolute atomic E-state index is 0.0111. The second kappa shape index (κ2) is 13.0. The maximum absolute atomic E-state index is 13.2. The van der Waals surface area contributed by atoms with Crippen LogP contribution in [0.4, 0.5) is 22.9 Å². The number of nitrogens with zero attached hydrogens (tertiary/aromatic N) is 9. The lowest BCUT2D eigenvalue weighted by Gasteiger charge is -2.21. The molecule has 0 N–H and O–H groups in total. The van der Waals surface area contributed by atoms with Crippen LogP contribution in [0.1, 0.15) is 56.2 Å². The molecule has 0 aliphatic carbocycles. The minimum atomic E-state index is -0.635. The van der Waals surface area contributed by atoms with Crippen molar-refractivity contribution in [3.05, 3.63) is 125 Å². The van der Waals surface area contributed by atoms with Crippen LogP contribution in [0.15, 0.2) is 91.8 Å². The number of carbonyl (C=O) groups excluding carboxylic acids is 2. The Kier molecular flexibility index (Phi) is 8.62. The highest BCUT2D eigenvalue weighted by atomic mass is 35.5. The van der Waals surface area contributed by atoms with Crippen molar-refractivity contribution in [2.24, 2.45) is 0 Å². The molecule has 2 amide bonds. The van der Waals surface area contributed by atoms with Crippen LogP contribution in [-0.2, 0) is 20.4 Å². The highest BCUT2D eigenvalue weighted by molar-refractivity contribution is 6.34. The summed E-state index contributed by atoms with van der Waals surface area (Å²) < 4.78 is 0. The van der Waals surface area contributed by atoms with Gasteiger partial charge in [0.05, 0.1) is 38.6 Å². The molecule has 0 saturated carbocycles. The predicted molar refractivity (Wildman–Crippen MR) is 201 cm³/mol. The van der Waals surface area contributed by atoms with E-state index in [1.54, 1.807) is 53.0 Å². The van der Waals surface area contributed by atoms with Crippen LogP contribution in [-0.4, -0.2) is 46.9 Å². The zero-order valence-electron chi connectivity index (χ0n) is 29.9. The molecule has 0 saturated heterocycles. The van der Waals surface area contributed by atoms with Gasteiger partial charge in [0, 0.05) is 48.3 Å². The highest BCUT2D eigenvalue weighted by Gasteiger charge is 2.46. The van der Waals surface area contributed by atoms with Gasteiger partial charge in [0.1, 0.15) is 11.6 Å². The van der Waals surface area contributed by atoms with E-state index in [-0.39, 0.29) is 11.8 Å². The number of aryl methyl sites for hydroxylation is 3. The van der Waals surface area contributed by atoms with Gasteiger partial charge in [-0.1, -0.05) is 35.9 Å². The van der Waals surface area contributed by atoms with Crippen molar-refractivity contribution in [2.45, 2.75) is 59.3 Å². The lowest BCUT2D eigenvalue weighted by molar-refractivity contribution is -0.122. The molecule has 6 aromatic rings. The first-order valence-corrected chi connectivity index (χ1v) is 17.1. The van der Waals surface area contributed by atoms with E-state index >= 15 is 0 Å². The molecule has 260 valence electrons. The summed E-state index contributed by atoms with van der Waals surface area (Å²) in [4.78, 5) is 50.7. The Morgan fingerprint density at radius 1 is 0.558 bits per heavy atom. The van der Waals surface area contributed by atoms with Gasteiger partial charge >= 0.3 is 0 Å². The van der Waals surface area contributed by atoms with E-state index < -0.39 is 10.8 Å². The monoisotopic (exact) mass is 709 g/mol. The van der Waals surface area contributed by atoms with Crippen molar-refractivity contribution in [3.8, 4) is 22.3 Å². The lowest BCUT2D eigenvalue weighted by atomic mass is 9.85. The van der Waals surface area contributed by atoms with Crippen molar-refractivity contribution in [2.75, 3.05) is 9.80 Å². The number of pyridine rings is 1. The summed E-state index contributed by atoms with van der Waals surface area (Å²) >= 11 is 6.33. The molecule has 6 heterocycles. The number of halogens is 1. The molecule has 0 spiro atoms. The Bertz CT molecular complexity index is 2340. The number of hydrogen-bond acceptors (Lipinski definition) is 9. The SMILES string of the molecule is Cc1ccc(N2C(=O)C(C)(C)c3ccc(-c4cnc(C)nc4)cc32)nn1.Cc1ncc(-c2ccc3c(c2)N(c2ccncc2Cl)C(=O)C3(C)C)cn1. The Labute approximate surface area is 306 Å². The second-order valence-corrected chi connectivity index (χ2v) is 14.3. The van der Waals surface area contributed by atoms with Crippen molar-refractivity contribution >= 4 is 46.3 Å². The number of hydrogen-bond donors (Lipinski definition) is 0. The van der Waals surface area contributed by atoms with E-state index in [1.165, 1.54) is 0 Å². The molecule has 4 aromatic heterocycles. The average molecular weight is 710 g/mol. The fraction of sp³-hybridized carbons (Fsp3) is 0.225. The quantitative estimate of drug-likeness (QED) is 0.179. The predicted octanol–water partition coefficient (Wildman–Crippen LogP) is 7.96. The fourth-order valence-corrected chi connectivity index (χ4v) is 6.67. The number of fused-ring (bicyclic) bond motifs is 2. The van der Waals surface area contributed by atoms with Crippen LogP contribution < -0.4 is 9.80 Å². The highest BCUT2D eigenvalue weighted by Crippen LogP contribution is 2.48. The molecule has 0 atom stereocenters. The van der Waals surface area contributed by atoms with Gasteiger partial charge in [0.2, 0.25) is 11.8 Å². The molecule has 0 bridgehead atoms. The number of benzene rings is 2. The largest absolute Gasteiger partial charge is 0.278 e. The van der Waals surface area contributed by atoms with Gasteiger partial charge in [0.15, 0.2) is 5.82 Å². The van der Waals surface area contributed by atoms with Gasteiger partial charge in [-0.25, -0.2) is 19.9 Å². The van der Waals surface area contributed by atoms with Crippen LogP contribution >= 0.6 is 11.6 Å². The molecule has 0 fully saturated rings. The Morgan fingerprint density at radius 2 is 1.06 bits per heavy atom. The molecule has 2 aliphatic heterocycles.